The summed E-state index contributed by atoms with van der Waals surface area (Å²) in [5, 5.41) is 8.46. The lowest BCUT2D eigenvalue weighted by Gasteiger charge is -2.12. The molecule has 0 aromatic carbocycles. The van der Waals surface area contributed by atoms with Gasteiger partial charge in [0, 0.05) is 5.57 Å². The molecule has 0 saturated carbocycles. The molecule has 1 aliphatic rings. The van der Waals surface area contributed by atoms with Crippen molar-refractivity contribution in [3.8, 4) is 6.07 Å². The zero-order valence-corrected chi connectivity index (χ0v) is 5.72. The van der Waals surface area contributed by atoms with Gasteiger partial charge >= 0.3 is 0 Å². The summed E-state index contributed by atoms with van der Waals surface area (Å²) >= 11 is 0. The second-order valence-electron chi connectivity index (χ2n) is 2.72. The van der Waals surface area contributed by atoms with Gasteiger partial charge in [-0.1, -0.05) is 13.0 Å². The zero-order chi connectivity index (χ0) is 6.69. The van der Waals surface area contributed by atoms with Crippen molar-refractivity contribution >= 4 is 0 Å². The molecule has 1 nitrogen and oxygen atoms in total. The molecule has 1 atom stereocenters. The summed E-state index contributed by atoms with van der Waals surface area (Å²) in [4.78, 5) is 0. The minimum atomic E-state index is 0.794. The predicted octanol–water partition coefficient (Wildman–Crippen LogP) is 2.26. The number of hydrogen-bond donors (Lipinski definition) is 0. The number of nitrogens with zero attached hydrogens (tertiary/aromatic N) is 1. The van der Waals surface area contributed by atoms with E-state index < -0.39 is 0 Å². The Morgan fingerprint density at radius 1 is 1.78 bits per heavy atom. The zero-order valence-electron chi connectivity index (χ0n) is 5.72. The summed E-state index contributed by atoms with van der Waals surface area (Å²) < 4.78 is 0. The van der Waals surface area contributed by atoms with Crippen LogP contribution in [0.1, 0.15) is 26.2 Å². The number of allylic oxidation sites excluding steroid dienone is 2. The van der Waals surface area contributed by atoms with Crippen LogP contribution < -0.4 is 0 Å². The Morgan fingerprint density at radius 2 is 2.56 bits per heavy atom. The van der Waals surface area contributed by atoms with Crippen LogP contribution in [0.5, 0.6) is 0 Å². The maximum Gasteiger partial charge on any atom is 0.0943 e. The van der Waals surface area contributed by atoms with Crippen molar-refractivity contribution in [2.45, 2.75) is 26.2 Å². The van der Waals surface area contributed by atoms with Gasteiger partial charge in [-0.15, -0.1) is 0 Å². The van der Waals surface area contributed by atoms with E-state index in [4.69, 9.17) is 5.26 Å². The van der Waals surface area contributed by atoms with Crippen LogP contribution >= 0.6 is 0 Å². The molecule has 0 N–H and O–H groups in total. The number of nitriles is 1. The van der Waals surface area contributed by atoms with E-state index in [2.05, 4.69) is 19.1 Å². The van der Waals surface area contributed by atoms with E-state index in [0.29, 0.717) is 0 Å². The largest absolute Gasteiger partial charge is 0.193 e. The summed E-state index contributed by atoms with van der Waals surface area (Å²) in [6, 6.07) is 2.19. The van der Waals surface area contributed by atoms with Gasteiger partial charge in [0.1, 0.15) is 0 Å². The van der Waals surface area contributed by atoms with Gasteiger partial charge in [-0.2, -0.15) is 5.26 Å². The Hall–Kier alpha value is -0.770. The standard InChI is InChI=1S/C8H11N/c1-7-2-4-8(6-9)5-3-7/h4,7H,2-3,5H2,1H3. The average molecular weight is 121 g/mol. The molecule has 1 heteroatoms. The molecule has 0 aliphatic heterocycles. The topological polar surface area (TPSA) is 23.8 Å². The van der Waals surface area contributed by atoms with Crippen LogP contribution in [0.3, 0.4) is 0 Å². The molecule has 0 aromatic heterocycles. The molecule has 1 rings (SSSR count). The molecule has 0 saturated heterocycles. The molecule has 0 spiro atoms. The third-order valence-electron chi connectivity index (χ3n) is 1.82. The van der Waals surface area contributed by atoms with Gasteiger partial charge in [-0.05, 0) is 25.2 Å². The van der Waals surface area contributed by atoms with E-state index in [1.165, 1.54) is 6.42 Å². The smallest absolute Gasteiger partial charge is 0.0943 e. The molecule has 0 amide bonds. The van der Waals surface area contributed by atoms with Gasteiger partial charge in [0.05, 0.1) is 6.07 Å². The molecule has 0 heterocycles. The quantitative estimate of drug-likeness (QED) is 0.482. The minimum Gasteiger partial charge on any atom is -0.193 e. The SMILES string of the molecule is CC1CC=C(C#N)CC1. The fourth-order valence-corrected chi connectivity index (χ4v) is 1.07. The lowest BCUT2D eigenvalue weighted by Crippen LogP contribution is -1.99. The van der Waals surface area contributed by atoms with Crippen LogP contribution in [-0.4, -0.2) is 0 Å². The lowest BCUT2D eigenvalue weighted by molar-refractivity contribution is 0.519. The van der Waals surface area contributed by atoms with Gasteiger partial charge in [0.25, 0.3) is 0 Å². The van der Waals surface area contributed by atoms with E-state index in [0.717, 1.165) is 24.3 Å². The van der Waals surface area contributed by atoms with Crippen LogP contribution in [0.25, 0.3) is 0 Å². The van der Waals surface area contributed by atoms with Gasteiger partial charge in [0.2, 0.25) is 0 Å². The van der Waals surface area contributed by atoms with Gasteiger partial charge in [-0.3, -0.25) is 0 Å². The molecule has 1 unspecified atom stereocenters. The highest BCUT2D eigenvalue weighted by Crippen LogP contribution is 2.21. The van der Waals surface area contributed by atoms with Crippen LogP contribution in [0.15, 0.2) is 11.6 Å². The third-order valence-corrected chi connectivity index (χ3v) is 1.82. The van der Waals surface area contributed by atoms with Crippen molar-refractivity contribution in [2.24, 2.45) is 5.92 Å². The Kier molecular flexibility index (Phi) is 1.89. The Bertz CT molecular complexity index is 162. The van der Waals surface area contributed by atoms with E-state index >= 15 is 0 Å². The first-order valence-corrected chi connectivity index (χ1v) is 3.42. The Morgan fingerprint density at radius 3 is 3.00 bits per heavy atom. The Labute approximate surface area is 56.0 Å². The van der Waals surface area contributed by atoms with E-state index in [1.54, 1.807) is 0 Å². The fourth-order valence-electron chi connectivity index (χ4n) is 1.07. The average Bonchev–Trinajstić information content (AvgIpc) is 1.90. The monoisotopic (exact) mass is 121 g/mol. The second kappa shape index (κ2) is 2.68. The normalized spacial score (nSPS) is 26.7. The van der Waals surface area contributed by atoms with Gasteiger partial charge in [-0.25, -0.2) is 0 Å². The van der Waals surface area contributed by atoms with Crippen molar-refractivity contribution < 1.29 is 0 Å². The van der Waals surface area contributed by atoms with Crippen molar-refractivity contribution in [2.75, 3.05) is 0 Å². The molecular formula is C8H11N. The maximum absolute atomic E-state index is 8.46. The third kappa shape index (κ3) is 1.57. The van der Waals surface area contributed by atoms with Crippen molar-refractivity contribution in [3.05, 3.63) is 11.6 Å². The molecular weight excluding hydrogens is 110 g/mol. The summed E-state index contributed by atoms with van der Waals surface area (Å²) in [7, 11) is 0. The maximum atomic E-state index is 8.46. The first-order valence-electron chi connectivity index (χ1n) is 3.42. The summed E-state index contributed by atoms with van der Waals surface area (Å²) in [5.74, 6) is 0.794. The molecule has 0 bridgehead atoms. The highest BCUT2D eigenvalue weighted by Gasteiger charge is 2.08. The van der Waals surface area contributed by atoms with E-state index in [-0.39, 0.29) is 0 Å². The van der Waals surface area contributed by atoms with Crippen LogP contribution in [0.4, 0.5) is 0 Å². The summed E-state index contributed by atoms with van der Waals surface area (Å²) in [5.41, 5.74) is 0.980. The summed E-state index contributed by atoms with van der Waals surface area (Å²) in [6.07, 6.45) is 5.36. The first kappa shape index (κ1) is 6.35. The molecule has 0 radical (unpaired) electrons. The minimum absolute atomic E-state index is 0.794. The molecule has 1 aliphatic carbocycles. The van der Waals surface area contributed by atoms with Crippen molar-refractivity contribution in [1.29, 1.82) is 5.26 Å². The highest BCUT2D eigenvalue weighted by atomic mass is 14.3. The fraction of sp³-hybridized carbons (Fsp3) is 0.625. The van der Waals surface area contributed by atoms with E-state index in [9.17, 15) is 0 Å². The predicted molar refractivity (Wildman–Crippen MR) is 36.7 cm³/mol. The second-order valence-corrected chi connectivity index (χ2v) is 2.72. The van der Waals surface area contributed by atoms with Crippen LogP contribution in [-0.2, 0) is 0 Å². The molecule has 9 heavy (non-hydrogen) atoms. The van der Waals surface area contributed by atoms with Crippen molar-refractivity contribution in [1.82, 2.24) is 0 Å². The number of hydrogen-bond acceptors (Lipinski definition) is 1. The highest BCUT2D eigenvalue weighted by molar-refractivity contribution is 5.22. The van der Waals surface area contributed by atoms with Gasteiger partial charge < -0.3 is 0 Å². The van der Waals surface area contributed by atoms with Crippen LogP contribution in [0.2, 0.25) is 0 Å². The number of rotatable bonds is 0. The summed E-state index contributed by atoms with van der Waals surface area (Å²) in [6.45, 7) is 2.23. The van der Waals surface area contributed by atoms with Crippen LogP contribution in [0, 0.1) is 17.2 Å². The van der Waals surface area contributed by atoms with Gasteiger partial charge in [0.15, 0.2) is 0 Å². The Balaban J connectivity index is 2.53. The molecule has 48 valence electrons. The van der Waals surface area contributed by atoms with E-state index in [1.807, 2.05) is 0 Å². The lowest BCUT2D eigenvalue weighted by atomic mass is 9.92. The van der Waals surface area contributed by atoms with Crippen molar-refractivity contribution in [3.63, 3.8) is 0 Å². The molecule has 0 aromatic rings. The molecule has 0 fully saturated rings. The first-order chi connectivity index (χ1) is 4.33.